The second-order valence-electron chi connectivity index (χ2n) is 12.4. The lowest BCUT2D eigenvalue weighted by molar-refractivity contribution is -0.160. The normalized spacial score (nSPS) is 13.9. The van der Waals surface area contributed by atoms with E-state index in [0.29, 0.717) is 46.9 Å². The Kier molecular flexibility index (Phi) is 7.49. The molecule has 3 heterocycles. The van der Waals surface area contributed by atoms with E-state index < -0.39 is 23.5 Å². The molecule has 6 rings (SSSR count). The number of aromatic nitrogens is 3. The average Bonchev–Trinajstić information content (AvgIpc) is 3.41. The van der Waals surface area contributed by atoms with Crippen LogP contribution in [0.25, 0.3) is 39.3 Å². The molecule has 0 bridgehead atoms. The quantitative estimate of drug-likeness (QED) is 0.214. The molecule has 0 fully saturated rings. The van der Waals surface area contributed by atoms with Crippen LogP contribution in [0.1, 0.15) is 61.2 Å². The molecule has 3 aromatic carbocycles. The first-order valence-electron chi connectivity index (χ1n) is 14.9. The minimum absolute atomic E-state index is 0.260. The molecule has 7 nitrogen and oxygen atoms in total. The molecular formula is C36H36FN3O4. The predicted molar refractivity (Wildman–Crippen MR) is 168 cm³/mol. The van der Waals surface area contributed by atoms with Crippen LogP contribution in [0.15, 0.2) is 60.7 Å². The van der Waals surface area contributed by atoms with Crippen LogP contribution in [0.5, 0.6) is 5.75 Å². The van der Waals surface area contributed by atoms with Gasteiger partial charge in [-0.05, 0) is 88.8 Å². The first kappa shape index (κ1) is 29.5. The summed E-state index contributed by atoms with van der Waals surface area (Å²) in [6.07, 6.45) is 0.0574. The van der Waals surface area contributed by atoms with Crippen molar-refractivity contribution in [3.05, 3.63) is 94.4 Å². The highest BCUT2D eigenvalue weighted by Crippen LogP contribution is 2.42. The Bertz CT molecular complexity index is 1920. The molecule has 0 unspecified atom stereocenters. The number of benzene rings is 3. The second kappa shape index (κ2) is 11.2. The third-order valence-electron chi connectivity index (χ3n) is 8.09. The van der Waals surface area contributed by atoms with Gasteiger partial charge in [0.15, 0.2) is 23.3 Å². The zero-order valence-electron chi connectivity index (χ0n) is 25.9. The number of ether oxygens (including phenoxy) is 2. The number of hydrogen-bond acceptors (Lipinski definition) is 5. The summed E-state index contributed by atoms with van der Waals surface area (Å²) in [6, 6.07) is 19.6. The highest BCUT2D eigenvalue weighted by molar-refractivity contribution is 5.83. The summed E-state index contributed by atoms with van der Waals surface area (Å²) in [5.41, 5.74) is 7.99. The van der Waals surface area contributed by atoms with E-state index in [1.54, 1.807) is 32.2 Å². The van der Waals surface area contributed by atoms with Crippen molar-refractivity contribution in [2.75, 3.05) is 6.61 Å². The molecule has 8 heteroatoms. The van der Waals surface area contributed by atoms with Crippen LogP contribution in [0.4, 0.5) is 4.39 Å². The molecule has 1 aliphatic heterocycles. The molecule has 0 amide bonds. The van der Waals surface area contributed by atoms with E-state index in [9.17, 15) is 9.90 Å². The molecule has 2 aromatic heterocycles. The topological polar surface area (TPSA) is 86.0 Å². The Morgan fingerprint density at radius 3 is 2.50 bits per heavy atom. The van der Waals surface area contributed by atoms with Crippen LogP contribution in [0, 0.1) is 26.6 Å². The van der Waals surface area contributed by atoms with E-state index in [1.165, 1.54) is 6.07 Å². The number of aliphatic carboxylic acids is 1. The van der Waals surface area contributed by atoms with Crippen molar-refractivity contribution in [1.82, 2.24) is 14.6 Å². The minimum Gasteiger partial charge on any atom is -0.490 e. The number of carboxylic acid groups (broad SMARTS) is 1. The van der Waals surface area contributed by atoms with Crippen LogP contribution in [0.3, 0.4) is 0 Å². The number of hydrogen-bond donors (Lipinski definition) is 1. The Morgan fingerprint density at radius 1 is 1.02 bits per heavy atom. The molecule has 0 radical (unpaired) electrons. The van der Waals surface area contributed by atoms with Gasteiger partial charge < -0.3 is 14.6 Å². The van der Waals surface area contributed by atoms with Crippen LogP contribution in [-0.4, -0.2) is 37.9 Å². The lowest BCUT2D eigenvalue weighted by Crippen LogP contribution is -2.29. The molecular weight excluding hydrogens is 557 g/mol. The Hall–Kier alpha value is -4.56. The third-order valence-corrected chi connectivity index (χ3v) is 8.09. The number of aryl methyl sites for hydroxylation is 2. The molecule has 1 aliphatic rings. The fourth-order valence-corrected chi connectivity index (χ4v) is 6.08. The number of halogens is 1. The summed E-state index contributed by atoms with van der Waals surface area (Å²) in [5.74, 6) is -1.39. The predicted octanol–water partition coefficient (Wildman–Crippen LogP) is 8.06. The molecule has 226 valence electrons. The third kappa shape index (κ3) is 5.35. The number of carboxylic acids is 1. The van der Waals surface area contributed by atoms with Gasteiger partial charge in [0.2, 0.25) is 0 Å². The van der Waals surface area contributed by atoms with Crippen LogP contribution >= 0.6 is 0 Å². The SMILES string of the molecule is Cc1ccccc1-c1cccc(-c2cc3nc(C)c([C@H](OC(C)(C)C)C(=O)O)c(-c4cc(F)c5c(c4C)CCCO5)n3n2)c1. The summed E-state index contributed by atoms with van der Waals surface area (Å²) in [7, 11) is 0. The van der Waals surface area contributed by atoms with Gasteiger partial charge in [0.05, 0.1) is 23.6 Å². The van der Waals surface area contributed by atoms with E-state index >= 15 is 4.39 Å². The Labute approximate surface area is 256 Å². The molecule has 5 aromatic rings. The van der Waals surface area contributed by atoms with Gasteiger partial charge in [0.1, 0.15) is 0 Å². The van der Waals surface area contributed by atoms with Crippen molar-refractivity contribution in [2.45, 2.75) is 66.1 Å². The van der Waals surface area contributed by atoms with E-state index in [0.717, 1.165) is 39.8 Å². The molecule has 0 aliphatic carbocycles. The van der Waals surface area contributed by atoms with Gasteiger partial charge in [-0.2, -0.15) is 5.10 Å². The van der Waals surface area contributed by atoms with Crippen molar-refractivity contribution in [2.24, 2.45) is 0 Å². The maximum absolute atomic E-state index is 15.7. The standard InChI is InChI=1S/C36H36FN3O4/c1-20-11-7-8-14-25(20)23-12-9-13-24(17-23)29-19-30-38-22(3)31(34(35(41)42)44-36(4,5)6)32(40(30)39-29)27-18-28(37)33-26(21(27)2)15-10-16-43-33/h7-9,11-14,17-19,34H,10,15-16H2,1-6H3,(H,41,42)/t34-/m0/s1. The van der Waals surface area contributed by atoms with E-state index in [-0.39, 0.29) is 5.75 Å². The maximum atomic E-state index is 15.7. The highest BCUT2D eigenvalue weighted by atomic mass is 19.1. The Balaban J connectivity index is 1.63. The zero-order valence-corrected chi connectivity index (χ0v) is 25.9. The highest BCUT2D eigenvalue weighted by Gasteiger charge is 2.34. The first-order valence-corrected chi connectivity index (χ1v) is 14.9. The monoisotopic (exact) mass is 593 g/mol. The number of carbonyl (C=O) groups is 1. The fraction of sp³-hybridized carbons (Fsp3) is 0.306. The van der Waals surface area contributed by atoms with E-state index in [2.05, 4.69) is 31.2 Å². The molecule has 0 saturated heterocycles. The van der Waals surface area contributed by atoms with Crippen molar-refractivity contribution >= 4 is 11.6 Å². The number of nitrogens with zero attached hydrogens (tertiary/aromatic N) is 3. The summed E-state index contributed by atoms with van der Waals surface area (Å²) < 4.78 is 29.1. The first-order chi connectivity index (χ1) is 20.9. The number of fused-ring (bicyclic) bond motifs is 2. The molecule has 0 spiro atoms. The van der Waals surface area contributed by atoms with Crippen molar-refractivity contribution in [3.63, 3.8) is 0 Å². The summed E-state index contributed by atoms with van der Waals surface area (Å²) >= 11 is 0. The lowest BCUT2D eigenvalue weighted by atomic mass is 9.91. The summed E-state index contributed by atoms with van der Waals surface area (Å²) in [5, 5.41) is 15.4. The van der Waals surface area contributed by atoms with Gasteiger partial charge in [-0.25, -0.2) is 18.7 Å². The van der Waals surface area contributed by atoms with E-state index in [4.69, 9.17) is 19.6 Å². The number of rotatable bonds is 6. The summed E-state index contributed by atoms with van der Waals surface area (Å²) in [4.78, 5) is 17.6. The van der Waals surface area contributed by atoms with Gasteiger partial charge in [0, 0.05) is 34.0 Å². The van der Waals surface area contributed by atoms with Gasteiger partial charge in [-0.15, -0.1) is 0 Å². The Morgan fingerprint density at radius 2 is 1.77 bits per heavy atom. The van der Waals surface area contributed by atoms with Gasteiger partial charge >= 0.3 is 5.97 Å². The molecule has 1 atom stereocenters. The average molecular weight is 594 g/mol. The van der Waals surface area contributed by atoms with E-state index in [1.807, 2.05) is 37.3 Å². The van der Waals surface area contributed by atoms with Crippen LogP contribution in [-0.2, 0) is 16.0 Å². The van der Waals surface area contributed by atoms with Crippen LogP contribution in [0.2, 0.25) is 0 Å². The largest absolute Gasteiger partial charge is 0.490 e. The van der Waals surface area contributed by atoms with Crippen molar-refractivity contribution < 1.29 is 23.8 Å². The fourth-order valence-electron chi connectivity index (χ4n) is 6.08. The van der Waals surface area contributed by atoms with Crippen LogP contribution < -0.4 is 4.74 Å². The zero-order chi connectivity index (χ0) is 31.3. The summed E-state index contributed by atoms with van der Waals surface area (Å²) in [6.45, 7) is 11.6. The molecule has 0 saturated carbocycles. The van der Waals surface area contributed by atoms with Gasteiger partial charge in [0.25, 0.3) is 0 Å². The smallest absolute Gasteiger partial charge is 0.337 e. The molecule has 44 heavy (non-hydrogen) atoms. The van der Waals surface area contributed by atoms with Crippen molar-refractivity contribution in [1.29, 1.82) is 0 Å². The van der Waals surface area contributed by atoms with Gasteiger partial charge in [-0.3, -0.25) is 0 Å². The van der Waals surface area contributed by atoms with Crippen molar-refractivity contribution in [3.8, 4) is 39.4 Å². The second-order valence-corrected chi connectivity index (χ2v) is 12.4. The minimum atomic E-state index is -1.37. The lowest BCUT2D eigenvalue weighted by Gasteiger charge is -2.28. The van der Waals surface area contributed by atoms with Gasteiger partial charge in [-0.1, -0.05) is 42.5 Å². The molecule has 1 N–H and O–H groups in total. The maximum Gasteiger partial charge on any atom is 0.337 e.